The summed E-state index contributed by atoms with van der Waals surface area (Å²) in [5.41, 5.74) is 5.33. The standard InChI is InChI=1S/C19H21N2/c1-16-17(2)21(14-19-11-7-4-8-12-19)15-20(16)13-18-9-5-3-6-10-18/h3-12,15H,13-14H2,1-2H3. The fraction of sp³-hybridized carbons (Fsp3) is 0.211. The molecule has 107 valence electrons. The highest BCUT2D eigenvalue weighted by Gasteiger charge is 2.23. The van der Waals surface area contributed by atoms with Gasteiger partial charge in [0.2, 0.25) is 0 Å². The van der Waals surface area contributed by atoms with Crippen LogP contribution in [0.25, 0.3) is 0 Å². The number of allylic oxidation sites excluding steroid dienone is 2. The van der Waals surface area contributed by atoms with Crippen molar-refractivity contribution in [3.05, 3.63) is 89.9 Å². The molecule has 1 aliphatic heterocycles. The zero-order valence-electron chi connectivity index (χ0n) is 12.7. The van der Waals surface area contributed by atoms with Gasteiger partial charge in [0.25, 0.3) is 0 Å². The molecule has 0 spiro atoms. The van der Waals surface area contributed by atoms with E-state index in [1.165, 1.54) is 22.5 Å². The summed E-state index contributed by atoms with van der Waals surface area (Å²) in [6.45, 7) is 8.47. The first-order valence-corrected chi connectivity index (χ1v) is 7.37. The van der Waals surface area contributed by atoms with E-state index >= 15 is 0 Å². The smallest absolute Gasteiger partial charge is 0.142 e. The lowest BCUT2D eigenvalue weighted by atomic mass is 10.2. The lowest BCUT2D eigenvalue weighted by Crippen LogP contribution is -2.21. The van der Waals surface area contributed by atoms with E-state index in [0.29, 0.717) is 0 Å². The van der Waals surface area contributed by atoms with Crippen LogP contribution in [0.15, 0.2) is 72.1 Å². The van der Waals surface area contributed by atoms with Gasteiger partial charge in [-0.05, 0) is 25.0 Å². The Morgan fingerprint density at radius 2 is 1.00 bits per heavy atom. The molecule has 2 aromatic carbocycles. The molecule has 0 saturated carbocycles. The monoisotopic (exact) mass is 277 g/mol. The molecule has 0 unspecified atom stereocenters. The Kier molecular flexibility index (Phi) is 3.96. The van der Waals surface area contributed by atoms with Gasteiger partial charge in [0.15, 0.2) is 0 Å². The second-order valence-electron chi connectivity index (χ2n) is 5.51. The molecule has 0 amide bonds. The van der Waals surface area contributed by atoms with E-state index in [1.807, 2.05) is 0 Å². The van der Waals surface area contributed by atoms with Gasteiger partial charge in [-0.1, -0.05) is 60.7 Å². The summed E-state index contributed by atoms with van der Waals surface area (Å²) in [5, 5.41) is 0. The van der Waals surface area contributed by atoms with Crippen molar-refractivity contribution in [1.29, 1.82) is 0 Å². The van der Waals surface area contributed by atoms with Crippen LogP contribution in [-0.2, 0) is 13.1 Å². The number of benzene rings is 2. The van der Waals surface area contributed by atoms with Gasteiger partial charge >= 0.3 is 0 Å². The zero-order chi connectivity index (χ0) is 14.7. The van der Waals surface area contributed by atoms with Crippen molar-refractivity contribution in [2.45, 2.75) is 26.9 Å². The average molecular weight is 277 g/mol. The lowest BCUT2D eigenvalue weighted by Gasteiger charge is -2.22. The summed E-state index contributed by atoms with van der Waals surface area (Å²) in [6.07, 6.45) is 0. The Morgan fingerprint density at radius 3 is 1.38 bits per heavy atom. The van der Waals surface area contributed by atoms with Gasteiger partial charge in [0.1, 0.15) is 6.67 Å². The van der Waals surface area contributed by atoms with Crippen LogP contribution >= 0.6 is 0 Å². The summed E-state index contributed by atoms with van der Waals surface area (Å²) >= 11 is 0. The molecular formula is C19H21N2. The minimum atomic E-state index is 0.926. The minimum absolute atomic E-state index is 0.926. The van der Waals surface area contributed by atoms with E-state index in [2.05, 4.69) is 91.0 Å². The SMILES string of the molecule is CC1=C(C)N(Cc2ccccc2)[CH]N1Cc1ccccc1. The van der Waals surface area contributed by atoms with Gasteiger partial charge in [0, 0.05) is 24.5 Å². The first kappa shape index (κ1) is 13.7. The lowest BCUT2D eigenvalue weighted by molar-refractivity contribution is 0.314. The van der Waals surface area contributed by atoms with E-state index in [9.17, 15) is 0 Å². The van der Waals surface area contributed by atoms with Crippen molar-refractivity contribution >= 4 is 0 Å². The molecule has 2 nitrogen and oxygen atoms in total. The van der Waals surface area contributed by atoms with E-state index < -0.39 is 0 Å². The second-order valence-corrected chi connectivity index (χ2v) is 5.51. The summed E-state index contributed by atoms with van der Waals surface area (Å²) in [7, 11) is 0. The van der Waals surface area contributed by atoms with Crippen LogP contribution in [0.1, 0.15) is 25.0 Å². The molecule has 0 fully saturated rings. The Hall–Kier alpha value is -2.22. The maximum atomic E-state index is 2.33. The van der Waals surface area contributed by atoms with Crippen molar-refractivity contribution in [1.82, 2.24) is 9.80 Å². The third-order valence-corrected chi connectivity index (χ3v) is 4.06. The predicted octanol–water partition coefficient (Wildman–Crippen LogP) is 4.38. The van der Waals surface area contributed by atoms with E-state index in [1.54, 1.807) is 0 Å². The molecule has 1 heterocycles. The van der Waals surface area contributed by atoms with Crippen molar-refractivity contribution in [2.24, 2.45) is 0 Å². The normalized spacial score (nSPS) is 15.0. The molecule has 2 heteroatoms. The molecule has 0 saturated heterocycles. The second kappa shape index (κ2) is 6.04. The van der Waals surface area contributed by atoms with Crippen molar-refractivity contribution in [3.63, 3.8) is 0 Å². The highest BCUT2D eigenvalue weighted by molar-refractivity contribution is 5.24. The van der Waals surface area contributed by atoms with E-state index in [4.69, 9.17) is 0 Å². The fourth-order valence-electron chi connectivity index (χ4n) is 2.64. The van der Waals surface area contributed by atoms with Crippen LogP contribution in [0.3, 0.4) is 0 Å². The number of hydrogen-bond donors (Lipinski definition) is 0. The molecule has 0 N–H and O–H groups in total. The highest BCUT2D eigenvalue weighted by Crippen LogP contribution is 2.29. The van der Waals surface area contributed by atoms with Gasteiger partial charge in [-0.3, -0.25) is 0 Å². The van der Waals surface area contributed by atoms with Crippen LogP contribution < -0.4 is 0 Å². The van der Waals surface area contributed by atoms with Crippen molar-refractivity contribution in [3.8, 4) is 0 Å². The van der Waals surface area contributed by atoms with Gasteiger partial charge in [0.05, 0.1) is 0 Å². The van der Waals surface area contributed by atoms with Gasteiger partial charge in [-0.25, -0.2) is 0 Å². The Morgan fingerprint density at radius 1 is 0.619 bits per heavy atom. The number of nitrogens with zero attached hydrogens (tertiary/aromatic N) is 2. The Balaban J connectivity index is 1.70. The topological polar surface area (TPSA) is 6.48 Å². The van der Waals surface area contributed by atoms with Crippen LogP contribution in [0, 0.1) is 6.67 Å². The van der Waals surface area contributed by atoms with Crippen LogP contribution in [0.5, 0.6) is 0 Å². The third kappa shape index (κ3) is 3.10. The molecular weight excluding hydrogens is 256 g/mol. The van der Waals surface area contributed by atoms with E-state index in [-0.39, 0.29) is 0 Å². The minimum Gasteiger partial charge on any atom is -0.346 e. The van der Waals surface area contributed by atoms with Gasteiger partial charge in [-0.15, -0.1) is 0 Å². The molecule has 0 aliphatic carbocycles. The summed E-state index contributed by atoms with van der Waals surface area (Å²) in [4.78, 5) is 4.65. The molecule has 2 aromatic rings. The van der Waals surface area contributed by atoms with Crippen molar-refractivity contribution < 1.29 is 0 Å². The number of hydrogen-bond acceptors (Lipinski definition) is 2. The van der Waals surface area contributed by atoms with Crippen LogP contribution in [-0.4, -0.2) is 9.80 Å². The predicted molar refractivity (Wildman–Crippen MR) is 86.6 cm³/mol. The van der Waals surface area contributed by atoms with Gasteiger partial charge < -0.3 is 9.80 Å². The summed E-state index contributed by atoms with van der Waals surface area (Å²) in [5.74, 6) is 0. The van der Waals surface area contributed by atoms with E-state index in [0.717, 1.165) is 13.1 Å². The highest BCUT2D eigenvalue weighted by atomic mass is 15.4. The maximum Gasteiger partial charge on any atom is 0.142 e. The Labute approximate surface area is 127 Å². The molecule has 3 rings (SSSR count). The molecule has 1 aliphatic rings. The Bertz CT molecular complexity index is 561. The number of rotatable bonds is 4. The fourth-order valence-corrected chi connectivity index (χ4v) is 2.64. The van der Waals surface area contributed by atoms with Gasteiger partial charge in [-0.2, -0.15) is 0 Å². The maximum absolute atomic E-state index is 2.33. The summed E-state index contributed by atoms with van der Waals surface area (Å²) < 4.78 is 0. The first-order chi connectivity index (χ1) is 10.2. The molecule has 0 aromatic heterocycles. The average Bonchev–Trinajstić information content (AvgIpc) is 2.78. The quantitative estimate of drug-likeness (QED) is 0.818. The third-order valence-electron chi connectivity index (χ3n) is 4.06. The van der Waals surface area contributed by atoms with Crippen molar-refractivity contribution in [2.75, 3.05) is 0 Å². The zero-order valence-corrected chi connectivity index (χ0v) is 12.7. The largest absolute Gasteiger partial charge is 0.346 e. The molecule has 1 radical (unpaired) electrons. The first-order valence-electron chi connectivity index (χ1n) is 7.37. The molecule has 0 bridgehead atoms. The molecule has 0 atom stereocenters. The van der Waals surface area contributed by atoms with Crippen LogP contribution in [0.2, 0.25) is 0 Å². The summed E-state index contributed by atoms with van der Waals surface area (Å²) in [6, 6.07) is 21.2. The van der Waals surface area contributed by atoms with Crippen LogP contribution in [0.4, 0.5) is 0 Å². The molecule has 21 heavy (non-hydrogen) atoms.